The van der Waals surface area contributed by atoms with Gasteiger partial charge in [-0.1, -0.05) is 64.8 Å². The first-order valence-electron chi connectivity index (χ1n) is 19.7. The first kappa shape index (κ1) is 45.4. The van der Waals surface area contributed by atoms with Gasteiger partial charge in [-0.2, -0.15) is 20.8 Å². The number of hydrogen-bond acceptors (Lipinski definition) is 10. The molecular weight excluding hydrogens is 715 g/mol. The number of likely N-dealkylation sites (N-methyl/N-ethyl adjacent to an activating group) is 1. The van der Waals surface area contributed by atoms with Crippen molar-refractivity contribution in [1.82, 2.24) is 0 Å². The molecule has 0 aromatic heterocycles. The molecule has 0 saturated heterocycles. The standard InChI is InChI=1S/C24H30N2O2.C23H27N3O3/c1-5-15-24(3,6-2)23(27)28-17-16-26(4)22-13-11-21(12-14-22)20-9-7-19(18-25)8-10-20;1-4-14-23(3,5-2)22(27)29-16-15-28-21-12-10-20(11-13-21)26-25-19-8-6-18(17-24)7-9-19/h7-14H,5-6,15-17H2,1-4H3;6-13H,4-5,14-16H2,1-3H3. The van der Waals surface area contributed by atoms with E-state index in [9.17, 15) is 9.59 Å². The fraction of sp³-hybridized carbons (Fsp3) is 0.404. The van der Waals surface area contributed by atoms with Crippen LogP contribution in [0.3, 0.4) is 0 Å². The minimum Gasteiger partial charge on any atom is -0.490 e. The van der Waals surface area contributed by atoms with Crippen LogP contribution in [0.1, 0.15) is 91.2 Å². The van der Waals surface area contributed by atoms with Gasteiger partial charge < -0.3 is 19.1 Å². The van der Waals surface area contributed by atoms with Crippen LogP contribution in [0.15, 0.2) is 107 Å². The predicted molar refractivity (Wildman–Crippen MR) is 226 cm³/mol. The second kappa shape index (κ2) is 23.2. The molecule has 0 aliphatic carbocycles. The number of carbonyl (C=O) groups is 2. The van der Waals surface area contributed by atoms with E-state index in [0.717, 1.165) is 55.3 Å². The highest BCUT2D eigenvalue weighted by Crippen LogP contribution is 2.30. The molecular formula is C47H57N5O5. The first-order valence-corrected chi connectivity index (χ1v) is 19.7. The van der Waals surface area contributed by atoms with Crippen molar-refractivity contribution >= 4 is 29.0 Å². The highest BCUT2D eigenvalue weighted by Gasteiger charge is 2.32. The van der Waals surface area contributed by atoms with Gasteiger partial charge in [0.15, 0.2) is 0 Å². The molecule has 0 fully saturated rings. The zero-order valence-electron chi connectivity index (χ0n) is 34.6. The monoisotopic (exact) mass is 771 g/mol. The van der Waals surface area contributed by atoms with Crippen LogP contribution in [0.25, 0.3) is 11.1 Å². The van der Waals surface area contributed by atoms with Gasteiger partial charge in [-0.15, -0.1) is 0 Å². The first-order chi connectivity index (χ1) is 27.4. The van der Waals surface area contributed by atoms with Crippen LogP contribution in [0.5, 0.6) is 5.75 Å². The van der Waals surface area contributed by atoms with Crippen molar-refractivity contribution in [2.24, 2.45) is 21.1 Å². The van der Waals surface area contributed by atoms with E-state index < -0.39 is 5.41 Å². The second-order valence-corrected chi connectivity index (χ2v) is 14.5. The van der Waals surface area contributed by atoms with Crippen molar-refractivity contribution in [3.63, 3.8) is 0 Å². The third-order valence-corrected chi connectivity index (χ3v) is 10.2. The number of ether oxygens (including phenoxy) is 3. The third kappa shape index (κ3) is 14.2. The quantitative estimate of drug-likeness (QED) is 0.0522. The molecule has 300 valence electrons. The lowest BCUT2D eigenvalue weighted by Gasteiger charge is -2.26. The molecule has 0 heterocycles. The van der Waals surface area contributed by atoms with E-state index in [1.807, 2.05) is 59.0 Å². The molecule has 4 aromatic rings. The number of esters is 2. The fourth-order valence-corrected chi connectivity index (χ4v) is 5.97. The van der Waals surface area contributed by atoms with Crippen molar-refractivity contribution in [3.8, 4) is 29.0 Å². The Hall–Kier alpha value is -6.00. The van der Waals surface area contributed by atoms with Crippen LogP contribution in [0.4, 0.5) is 17.1 Å². The molecule has 2 unspecified atom stereocenters. The lowest BCUT2D eigenvalue weighted by molar-refractivity contribution is -0.156. The lowest BCUT2D eigenvalue weighted by atomic mass is 9.83. The van der Waals surface area contributed by atoms with Gasteiger partial charge in [0.25, 0.3) is 0 Å². The molecule has 0 aliphatic heterocycles. The highest BCUT2D eigenvalue weighted by molar-refractivity contribution is 5.76. The van der Waals surface area contributed by atoms with Crippen LogP contribution in [0, 0.1) is 33.5 Å². The number of benzene rings is 4. The normalized spacial score (nSPS) is 12.8. The Balaban J connectivity index is 0.000000306. The van der Waals surface area contributed by atoms with E-state index in [4.69, 9.17) is 24.7 Å². The molecule has 10 nitrogen and oxygen atoms in total. The fourth-order valence-electron chi connectivity index (χ4n) is 5.97. The van der Waals surface area contributed by atoms with Gasteiger partial charge in [0.1, 0.15) is 25.6 Å². The zero-order valence-corrected chi connectivity index (χ0v) is 34.6. The molecule has 0 N–H and O–H groups in total. The summed E-state index contributed by atoms with van der Waals surface area (Å²) in [6, 6.07) is 34.1. The number of nitrogens with zero attached hydrogens (tertiary/aromatic N) is 5. The summed E-state index contributed by atoms with van der Waals surface area (Å²) < 4.78 is 16.6. The van der Waals surface area contributed by atoms with E-state index in [1.54, 1.807) is 48.5 Å². The predicted octanol–water partition coefficient (Wildman–Crippen LogP) is 11.5. The minimum atomic E-state index is -0.420. The van der Waals surface area contributed by atoms with Gasteiger partial charge >= 0.3 is 11.9 Å². The molecule has 4 rings (SSSR count). The van der Waals surface area contributed by atoms with Crippen molar-refractivity contribution in [2.45, 2.75) is 80.1 Å². The molecule has 0 saturated carbocycles. The van der Waals surface area contributed by atoms with Gasteiger partial charge in [0, 0.05) is 12.7 Å². The number of azo groups is 1. The second-order valence-electron chi connectivity index (χ2n) is 14.5. The molecule has 0 bridgehead atoms. The smallest absolute Gasteiger partial charge is 0.311 e. The Labute approximate surface area is 339 Å². The Morgan fingerprint density at radius 3 is 1.47 bits per heavy atom. The van der Waals surface area contributed by atoms with Crippen molar-refractivity contribution in [3.05, 3.63) is 108 Å². The topological polar surface area (TPSA) is 137 Å². The summed E-state index contributed by atoms with van der Waals surface area (Å²) in [5.41, 5.74) is 5.06. The maximum Gasteiger partial charge on any atom is 0.311 e. The van der Waals surface area contributed by atoms with E-state index >= 15 is 0 Å². The molecule has 57 heavy (non-hydrogen) atoms. The van der Waals surface area contributed by atoms with Crippen molar-refractivity contribution in [1.29, 1.82) is 10.5 Å². The molecule has 0 aliphatic rings. The number of rotatable bonds is 19. The number of nitriles is 2. The Kier molecular flexibility index (Phi) is 18.4. The summed E-state index contributed by atoms with van der Waals surface area (Å²) in [5, 5.41) is 26.0. The summed E-state index contributed by atoms with van der Waals surface area (Å²) >= 11 is 0. The van der Waals surface area contributed by atoms with Gasteiger partial charge in [0.2, 0.25) is 0 Å². The van der Waals surface area contributed by atoms with E-state index in [1.165, 1.54) is 0 Å². The molecule has 10 heteroatoms. The largest absolute Gasteiger partial charge is 0.490 e. The van der Waals surface area contributed by atoms with E-state index in [-0.39, 0.29) is 24.0 Å². The molecule has 0 spiro atoms. The lowest BCUT2D eigenvalue weighted by Crippen LogP contribution is -2.32. The third-order valence-electron chi connectivity index (χ3n) is 10.2. The summed E-state index contributed by atoms with van der Waals surface area (Å²) in [6.07, 6.45) is 5.16. The SMILES string of the molecule is CCCC(C)(CC)C(=O)OCCN(C)c1ccc(-c2ccc(C#N)cc2)cc1.CCCC(C)(CC)C(=O)OCCOc1ccc(N=Nc2ccc(C#N)cc2)cc1. The Morgan fingerprint density at radius 2 is 1.04 bits per heavy atom. The van der Waals surface area contributed by atoms with Gasteiger partial charge in [0.05, 0.1) is 52.0 Å². The summed E-state index contributed by atoms with van der Waals surface area (Å²) in [7, 11) is 2.00. The minimum absolute atomic E-state index is 0.0959. The number of anilines is 1. The maximum atomic E-state index is 12.4. The summed E-state index contributed by atoms with van der Waals surface area (Å²) in [6.45, 7) is 13.7. The van der Waals surface area contributed by atoms with Crippen LogP contribution < -0.4 is 9.64 Å². The average Bonchev–Trinajstić information content (AvgIpc) is 3.25. The number of hydrogen-bond donors (Lipinski definition) is 0. The highest BCUT2D eigenvalue weighted by atomic mass is 16.6. The van der Waals surface area contributed by atoms with Gasteiger partial charge in [-0.3, -0.25) is 9.59 Å². The van der Waals surface area contributed by atoms with Crippen LogP contribution >= 0.6 is 0 Å². The van der Waals surface area contributed by atoms with Crippen molar-refractivity contribution in [2.75, 3.05) is 38.3 Å². The van der Waals surface area contributed by atoms with Crippen LogP contribution in [0.2, 0.25) is 0 Å². The molecule has 2 atom stereocenters. The van der Waals surface area contributed by atoms with Crippen molar-refractivity contribution < 1.29 is 23.8 Å². The summed E-state index contributed by atoms with van der Waals surface area (Å²) in [4.78, 5) is 26.7. The zero-order chi connectivity index (χ0) is 41.7. The molecule has 0 amide bonds. The van der Waals surface area contributed by atoms with E-state index in [2.05, 4.69) is 65.4 Å². The summed E-state index contributed by atoms with van der Waals surface area (Å²) in [5.74, 6) is 0.413. The van der Waals surface area contributed by atoms with Gasteiger partial charge in [-0.05, 0) is 123 Å². The van der Waals surface area contributed by atoms with E-state index in [0.29, 0.717) is 48.0 Å². The average molecular weight is 772 g/mol. The number of carbonyl (C=O) groups excluding carboxylic acids is 2. The molecule has 4 aromatic carbocycles. The molecule has 0 radical (unpaired) electrons. The van der Waals surface area contributed by atoms with Gasteiger partial charge in [-0.25, -0.2) is 0 Å². The Morgan fingerprint density at radius 1 is 0.614 bits per heavy atom. The van der Waals surface area contributed by atoms with Crippen LogP contribution in [-0.2, 0) is 19.1 Å². The maximum absolute atomic E-state index is 12.4. The van der Waals surface area contributed by atoms with Crippen LogP contribution in [-0.4, -0.2) is 45.4 Å². The Bertz CT molecular complexity index is 1950.